The molecule has 0 spiro atoms. The lowest BCUT2D eigenvalue weighted by Crippen LogP contribution is -2.48. The molecule has 27 heavy (non-hydrogen) atoms. The van der Waals surface area contributed by atoms with E-state index < -0.39 is 8.32 Å². The Morgan fingerprint density at radius 2 is 1.63 bits per heavy atom. The molecule has 1 saturated heterocycles. The van der Waals surface area contributed by atoms with E-state index in [1.165, 1.54) is 19.3 Å². The largest absolute Gasteiger partial charge is 0.461 e. The van der Waals surface area contributed by atoms with Crippen LogP contribution in [0.5, 0.6) is 0 Å². The standard InChI is InChI=1S/C22H43BO3Si/c1-11-14-18(23-25-21(5,6)22(7,8)26-23)17-15-12-13-16-19(17)24-27(9,10)20(2,3)4/h11,17-19H,1,12-16H2,2-10H3/t17?,18-,19-/m1/s1. The zero-order valence-electron chi connectivity index (χ0n) is 19.4. The molecule has 2 aliphatic rings. The number of hydrogen-bond donors (Lipinski definition) is 0. The minimum atomic E-state index is -1.81. The van der Waals surface area contributed by atoms with Crippen LogP contribution >= 0.6 is 0 Å². The first-order valence-electron chi connectivity index (χ1n) is 10.9. The van der Waals surface area contributed by atoms with Gasteiger partial charge in [0.15, 0.2) is 8.32 Å². The maximum atomic E-state index is 6.94. The molecule has 0 amide bonds. The molecular formula is C22H43BO3Si. The number of allylic oxidation sites excluding steroid dienone is 1. The predicted molar refractivity (Wildman–Crippen MR) is 119 cm³/mol. The summed E-state index contributed by atoms with van der Waals surface area (Å²) in [4.78, 5) is 0. The summed E-state index contributed by atoms with van der Waals surface area (Å²) in [6.45, 7) is 24.3. The Morgan fingerprint density at radius 3 is 2.11 bits per heavy atom. The first-order chi connectivity index (χ1) is 12.2. The summed E-state index contributed by atoms with van der Waals surface area (Å²) in [7, 11) is -1.99. The fourth-order valence-electron chi connectivity index (χ4n) is 4.06. The summed E-state index contributed by atoms with van der Waals surface area (Å²) >= 11 is 0. The average Bonchev–Trinajstić information content (AvgIpc) is 2.72. The lowest BCUT2D eigenvalue weighted by molar-refractivity contribution is 0.00578. The van der Waals surface area contributed by atoms with Crippen molar-refractivity contribution in [1.29, 1.82) is 0 Å². The smallest absolute Gasteiger partial charge is 0.414 e. The van der Waals surface area contributed by atoms with Gasteiger partial charge in [-0.1, -0.05) is 39.7 Å². The number of hydrogen-bond acceptors (Lipinski definition) is 3. The summed E-state index contributed by atoms with van der Waals surface area (Å²) in [5.41, 5.74) is -0.580. The first kappa shape index (κ1) is 23.2. The maximum Gasteiger partial charge on any atom is 0.461 e. The Balaban J connectivity index is 2.24. The summed E-state index contributed by atoms with van der Waals surface area (Å²) in [6, 6.07) is 0. The Bertz CT molecular complexity index is 508. The van der Waals surface area contributed by atoms with Gasteiger partial charge in [-0.3, -0.25) is 0 Å². The Kier molecular flexibility index (Phi) is 6.84. The molecule has 1 heterocycles. The fraction of sp³-hybridized carbons (Fsp3) is 0.909. The van der Waals surface area contributed by atoms with Crippen molar-refractivity contribution in [1.82, 2.24) is 0 Å². The van der Waals surface area contributed by atoms with Crippen LogP contribution in [-0.4, -0.2) is 32.7 Å². The van der Waals surface area contributed by atoms with Gasteiger partial charge in [-0.15, -0.1) is 6.58 Å². The molecule has 0 aromatic heterocycles. The second-order valence-electron chi connectivity index (χ2n) is 11.2. The van der Waals surface area contributed by atoms with Gasteiger partial charge in [0.2, 0.25) is 0 Å². The molecule has 2 rings (SSSR count). The van der Waals surface area contributed by atoms with Gasteiger partial charge in [-0.2, -0.15) is 0 Å². The number of rotatable bonds is 6. The molecule has 3 atom stereocenters. The Morgan fingerprint density at radius 1 is 1.11 bits per heavy atom. The normalized spacial score (nSPS) is 29.6. The third kappa shape index (κ3) is 4.91. The quantitative estimate of drug-likeness (QED) is 0.375. The van der Waals surface area contributed by atoms with Crippen molar-refractivity contribution in [2.24, 2.45) is 5.92 Å². The lowest BCUT2D eigenvalue weighted by Gasteiger charge is -2.45. The average molecular weight is 394 g/mol. The molecule has 0 N–H and O–H groups in total. The van der Waals surface area contributed by atoms with Crippen LogP contribution in [0.3, 0.4) is 0 Å². The molecule has 0 aromatic rings. The molecule has 3 nitrogen and oxygen atoms in total. The van der Waals surface area contributed by atoms with Crippen LogP contribution in [0.15, 0.2) is 12.7 Å². The topological polar surface area (TPSA) is 27.7 Å². The van der Waals surface area contributed by atoms with E-state index in [-0.39, 0.29) is 23.4 Å². The highest BCUT2D eigenvalue weighted by atomic mass is 28.4. The first-order valence-corrected chi connectivity index (χ1v) is 13.8. The second kappa shape index (κ2) is 7.97. The van der Waals surface area contributed by atoms with Gasteiger partial charge in [0.1, 0.15) is 0 Å². The molecule has 0 radical (unpaired) electrons. The van der Waals surface area contributed by atoms with Gasteiger partial charge in [-0.05, 0) is 71.0 Å². The van der Waals surface area contributed by atoms with Crippen molar-refractivity contribution in [3.8, 4) is 0 Å². The Labute approximate surface area is 169 Å². The van der Waals surface area contributed by atoms with Gasteiger partial charge in [-0.25, -0.2) is 0 Å². The molecule has 5 heteroatoms. The van der Waals surface area contributed by atoms with E-state index in [1.807, 2.05) is 6.08 Å². The van der Waals surface area contributed by atoms with Crippen LogP contribution in [0.2, 0.25) is 23.9 Å². The molecule has 156 valence electrons. The van der Waals surface area contributed by atoms with Crippen LogP contribution in [0.25, 0.3) is 0 Å². The molecule has 1 aliphatic carbocycles. The van der Waals surface area contributed by atoms with Crippen molar-refractivity contribution in [3.05, 3.63) is 12.7 Å². The van der Waals surface area contributed by atoms with E-state index in [2.05, 4.69) is 68.1 Å². The van der Waals surface area contributed by atoms with E-state index in [0.717, 1.165) is 12.8 Å². The van der Waals surface area contributed by atoms with E-state index in [9.17, 15) is 0 Å². The molecule has 2 fully saturated rings. The maximum absolute atomic E-state index is 6.94. The summed E-state index contributed by atoms with van der Waals surface area (Å²) < 4.78 is 19.9. The summed E-state index contributed by atoms with van der Waals surface area (Å²) in [5.74, 6) is 0.777. The molecule has 1 aliphatic heterocycles. The third-order valence-electron chi connectivity index (χ3n) is 7.62. The zero-order valence-corrected chi connectivity index (χ0v) is 20.4. The minimum Gasteiger partial charge on any atom is -0.414 e. The van der Waals surface area contributed by atoms with Crippen molar-refractivity contribution in [2.45, 2.75) is 122 Å². The minimum absolute atomic E-state index is 0.179. The van der Waals surface area contributed by atoms with Gasteiger partial charge in [0.05, 0.1) is 11.2 Å². The SMILES string of the molecule is C=CC[C@@H](B1OC(C)(C)C(C)(C)O1)C1CCCC[C@H]1O[Si](C)(C)C(C)(C)C. The van der Waals surface area contributed by atoms with Gasteiger partial charge in [0, 0.05) is 11.9 Å². The Hall–Kier alpha value is -0.0982. The molecule has 1 unspecified atom stereocenters. The lowest BCUT2D eigenvalue weighted by atomic mass is 9.59. The van der Waals surface area contributed by atoms with Crippen molar-refractivity contribution in [3.63, 3.8) is 0 Å². The third-order valence-corrected chi connectivity index (χ3v) is 12.1. The second-order valence-corrected chi connectivity index (χ2v) is 15.9. The van der Waals surface area contributed by atoms with Crippen molar-refractivity contribution < 1.29 is 13.7 Å². The summed E-state index contributed by atoms with van der Waals surface area (Å²) in [6.07, 6.45) is 8.15. The van der Waals surface area contributed by atoms with Crippen molar-refractivity contribution in [2.75, 3.05) is 0 Å². The van der Waals surface area contributed by atoms with Crippen LogP contribution in [0.1, 0.15) is 80.6 Å². The van der Waals surface area contributed by atoms with E-state index in [4.69, 9.17) is 13.7 Å². The highest BCUT2D eigenvalue weighted by Crippen LogP contribution is 2.48. The highest BCUT2D eigenvalue weighted by molar-refractivity contribution is 6.74. The van der Waals surface area contributed by atoms with Crippen LogP contribution in [0, 0.1) is 5.92 Å². The highest BCUT2D eigenvalue weighted by Gasteiger charge is 2.56. The fourth-order valence-corrected chi connectivity index (χ4v) is 5.46. The molecular weight excluding hydrogens is 351 g/mol. The van der Waals surface area contributed by atoms with Gasteiger partial charge in [0.25, 0.3) is 0 Å². The van der Waals surface area contributed by atoms with Gasteiger partial charge < -0.3 is 13.7 Å². The van der Waals surface area contributed by atoms with E-state index in [0.29, 0.717) is 17.8 Å². The monoisotopic (exact) mass is 394 g/mol. The molecule has 0 aromatic carbocycles. The summed E-state index contributed by atoms with van der Waals surface area (Å²) in [5, 5.41) is 0.229. The van der Waals surface area contributed by atoms with Gasteiger partial charge >= 0.3 is 7.12 Å². The molecule has 1 saturated carbocycles. The van der Waals surface area contributed by atoms with Crippen LogP contribution in [0.4, 0.5) is 0 Å². The van der Waals surface area contributed by atoms with Crippen LogP contribution in [-0.2, 0) is 13.7 Å². The van der Waals surface area contributed by atoms with Crippen molar-refractivity contribution >= 4 is 15.4 Å². The molecule has 0 bridgehead atoms. The van der Waals surface area contributed by atoms with E-state index in [1.54, 1.807) is 0 Å². The van der Waals surface area contributed by atoms with Crippen LogP contribution < -0.4 is 0 Å². The van der Waals surface area contributed by atoms with E-state index >= 15 is 0 Å². The zero-order chi connectivity index (χ0) is 20.7. The predicted octanol–water partition coefficient (Wildman–Crippen LogP) is 6.61.